The molecule has 2 rings (SSSR count). The van der Waals surface area contributed by atoms with Gasteiger partial charge < -0.3 is 10.1 Å². The van der Waals surface area contributed by atoms with Gasteiger partial charge in [-0.05, 0) is 36.2 Å². The second-order valence-corrected chi connectivity index (χ2v) is 7.14. The van der Waals surface area contributed by atoms with Gasteiger partial charge in [0.05, 0.1) is 21.3 Å². The van der Waals surface area contributed by atoms with E-state index in [9.17, 15) is 18.2 Å². The summed E-state index contributed by atoms with van der Waals surface area (Å²) in [4.78, 5) is 24.3. The van der Waals surface area contributed by atoms with Crippen LogP contribution in [-0.2, 0) is 26.8 Å². The number of ether oxygens (including phenoxy) is 1. The molecular weight excluding hydrogens is 357 g/mol. The molecule has 0 saturated heterocycles. The Morgan fingerprint density at radius 1 is 1.12 bits per heavy atom. The fourth-order valence-corrected chi connectivity index (χ4v) is 3.18. The van der Waals surface area contributed by atoms with Gasteiger partial charge in [-0.2, -0.15) is 0 Å². The lowest BCUT2D eigenvalue weighted by Gasteiger charge is -2.09. The first-order valence-corrected chi connectivity index (χ1v) is 9.48. The van der Waals surface area contributed by atoms with Crippen LogP contribution in [0.4, 0.5) is 4.39 Å². The van der Waals surface area contributed by atoms with Crippen LogP contribution in [0.3, 0.4) is 0 Å². The summed E-state index contributed by atoms with van der Waals surface area (Å²) < 4.78 is 29.8. The zero-order valence-electron chi connectivity index (χ0n) is 14.4. The fraction of sp³-hybridized carbons (Fsp3) is 0.263. The standard InChI is InChI=1S/C19H20FNO4S/c1-2-26(24)17-6-4-3-5-16(17)19(23)25-13-18(22)21-12-11-14-7-9-15(20)10-8-14/h3-10H,2,11-13H2,1H3,(H,21,22)/t26-/m1/s1. The second-order valence-electron chi connectivity index (χ2n) is 5.43. The highest BCUT2D eigenvalue weighted by Gasteiger charge is 2.17. The van der Waals surface area contributed by atoms with Crippen LogP contribution < -0.4 is 5.32 Å². The second kappa shape index (κ2) is 9.82. The summed E-state index contributed by atoms with van der Waals surface area (Å²) in [5.41, 5.74) is 1.09. The summed E-state index contributed by atoms with van der Waals surface area (Å²) >= 11 is 0. The van der Waals surface area contributed by atoms with E-state index in [4.69, 9.17) is 4.74 Å². The molecule has 1 amide bonds. The molecule has 0 fully saturated rings. The first-order chi connectivity index (χ1) is 12.5. The highest BCUT2D eigenvalue weighted by molar-refractivity contribution is 7.85. The Morgan fingerprint density at radius 2 is 1.81 bits per heavy atom. The molecule has 5 nitrogen and oxygen atoms in total. The summed E-state index contributed by atoms with van der Waals surface area (Å²) in [5.74, 6) is -1.05. The van der Waals surface area contributed by atoms with Crippen LogP contribution in [-0.4, -0.2) is 35.0 Å². The lowest BCUT2D eigenvalue weighted by Crippen LogP contribution is -2.30. The maximum absolute atomic E-state index is 12.8. The molecule has 0 spiro atoms. The van der Waals surface area contributed by atoms with Gasteiger partial charge in [0, 0.05) is 12.3 Å². The number of nitrogens with one attached hydrogen (secondary N) is 1. The molecule has 0 aliphatic carbocycles. The molecule has 0 saturated carbocycles. The average Bonchev–Trinajstić information content (AvgIpc) is 2.67. The number of hydrogen-bond acceptors (Lipinski definition) is 4. The van der Waals surface area contributed by atoms with Crippen molar-refractivity contribution in [2.75, 3.05) is 18.9 Å². The first-order valence-electron chi connectivity index (χ1n) is 8.17. The monoisotopic (exact) mass is 377 g/mol. The van der Waals surface area contributed by atoms with E-state index in [0.29, 0.717) is 23.6 Å². The predicted molar refractivity (Wildman–Crippen MR) is 96.8 cm³/mol. The molecule has 0 bridgehead atoms. The van der Waals surface area contributed by atoms with Crippen molar-refractivity contribution >= 4 is 22.7 Å². The van der Waals surface area contributed by atoms with Crippen molar-refractivity contribution in [2.45, 2.75) is 18.2 Å². The quantitative estimate of drug-likeness (QED) is 0.718. The van der Waals surface area contributed by atoms with E-state index >= 15 is 0 Å². The van der Waals surface area contributed by atoms with Crippen molar-refractivity contribution in [2.24, 2.45) is 0 Å². The number of carbonyl (C=O) groups excluding carboxylic acids is 2. The van der Waals surface area contributed by atoms with Gasteiger partial charge in [0.15, 0.2) is 6.61 Å². The lowest BCUT2D eigenvalue weighted by molar-refractivity contribution is -0.124. The Kier molecular flexibility index (Phi) is 7.47. The van der Waals surface area contributed by atoms with Gasteiger partial charge in [0.1, 0.15) is 5.82 Å². The predicted octanol–water partition coefficient (Wildman–Crippen LogP) is 2.47. The van der Waals surface area contributed by atoms with E-state index in [2.05, 4.69) is 5.32 Å². The third kappa shape index (κ3) is 5.77. The first kappa shape index (κ1) is 19.8. The molecular formula is C19H20FNO4S. The largest absolute Gasteiger partial charge is 0.452 e. The van der Waals surface area contributed by atoms with Gasteiger partial charge in [0.2, 0.25) is 0 Å². The minimum absolute atomic E-state index is 0.201. The van der Waals surface area contributed by atoms with Gasteiger partial charge in [-0.3, -0.25) is 9.00 Å². The smallest absolute Gasteiger partial charge is 0.339 e. The van der Waals surface area contributed by atoms with Gasteiger partial charge in [-0.25, -0.2) is 9.18 Å². The lowest BCUT2D eigenvalue weighted by atomic mass is 10.1. The summed E-state index contributed by atoms with van der Waals surface area (Å²) in [7, 11) is -1.29. The van der Waals surface area contributed by atoms with Crippen LogP contribution in [0.15, 0.2) is 53.4 Å². The number of hydrogen-bond donors (Lipinski definition) is 1. The average molecular weight is 377 g/mol. The van der Waals surface area contributed by atoms with Crippen LogP contribution in [0.2, 0.25) is 0 Å². The van der Waals surface area contributed by atoms with Crippen LogP contribution in [0, 0.1) is 5.82 Å². The van der Waals surface area contributed by atoms with Crippen molar-refractivity contribution < 1.29 is 22.9 Å². The van der Waals surface area contributed by atoms with Crippen molar-refractivity contribution in [3.05, 3.63) is 65.5 Å². The number of halogens is 1. The van der Waals surface area contributed by atoms with Gasteiger partial charge in [0.25, 0.3) is 5.91 Å². The minimum atomic E-state index is -1.29. The Balaban J connectivity index is 1.81. The van der Waals surface area contributed by atoms with Gasteiger partial charge in [-0.1, -0.05) is 31.2 Å². The molecule has 2 aromatic rings. The molecule has 0 aromatic heterocycles. The molecule has 0 heterocycles. The van der Waals surface area contributed by atoms with Gasteiger partial charge >= 0.3 is 5.97 Å². The Morgan fingerprint density at radius 3 is 2.50 bits per heavy atom. The van der Waals surface area contributed by atoms with E-state index in [1.54, 1.807) is 37.3 Å². The van der Waals surface area contributed by atoms with Crippen LogP contribution >= 0.6 is 0 Å². The Hall–Kier alpha value is -2.54. The molecule has 0 unspecified atom stereocenters. The number of rotatable bonds is 8. The maximum Gasteiger partial charge on any atom is 0.339 e. The summed E-state index contributed by atoms with van der Waals surface area (Å²) in [6, 6.07) is 12.5. The normalized spacial score (nSPS) is 11.6. The minimum Gasteiger partial charge on any atom is -0.452 e. The molecule has 0 aliphatic heterocycles. The summed E-state index contributed by atoms with van der Waals surface area (Å²) in [6.45, 7) is 1.68. The highest BCUT2D eigenvalue weighted by atomic mass is 32.2. The molecule has 7 heteroatoms. The van der Waals surface area contributed by atoms with Crippen molar-refractivity contribution in [1.82, 2.24) is 5.32 Å². The van der Waals surface area contributed by atoms with E-state index in [0.717, 1.165) is 5.56 Å². The molecule has 1 atom stereocenters. The Bertz CT molecular complexity index is 792. The third-order valence-electron chi connectivity index (χ3n) is 3.60. The van der Waals surface area contributed by atoms with Crippen molar-refractivity contribution in [3.63, 3.8) is 0 Å². The number of carbonyl (C=O) groups is 2. The summed E-state index contributed by atoms with van der Waals surface area (Å²) in [5, 5.41) is 2.63. The van der Waals surface area contributed by atoms with Crippen LogP contribution in [0.1, 0.15) is 22.8 Å². The number of amides is 1. The Labute approximate surface area is 154 Å². The van der Waals surface area contributed by atoms with Crippen LogP contribution in [0.5, 0.6) is 0 Å². The number of benzene rings is 2. The molecule has 1 N–H and O–H groups in total. The van der Waals surface area contributed by atoms with E-state index in [-0.39, 0.29) is 11.4 Å². The van der Waals surface area contributed by atoms with Crippen LogP contribution in [0.25, 0.3) is 0 Å². The molecule has 0 aliphatic rings. The maximum atomic E-state index is 12.8. The number of esters is 1. The van der Waals surface area contributed by atoms with Crippen molar-refractivity contribution in [3.8, 4) is 0 Å². The van der Waals surface area contributed by atoms with Crippen molar-refractivity contribution in [1.29, 1.82) is 0 Å². The van der Waals surface area contributed by atoms with E-state index < -0.39 is 29.3 Å². The summed E-state index contributed by atoms with van der Waals surface area (Å²) in [6.07, 6.45) is 0.540. The fourth-order valence-electron chi connectivity index (χ4n) is 2.25. The SMILES string of the molecule is CC[S@@](=O)c1ccccc1C(=O)OCC(=O)NCCc1ccc(F)cc1. The molecule has 26 heavy (non-hydrogen) atoms. The zero-order valence-corrected chi connectivity index (χ0v) is 15.2. The van der Waals surface area contributed by atoms with Gasteiger partial charge in [-0.15, -0.1) is 0 Å². The highest BCUT2D eigenvalue weighted by Crippen LogP contribution is 2.15. The van der Waals surface area contributed by atoms with E-state index in [1.165, 1.54) is 18.2 Å². The topological polar surface area (TPSA) is 72.5 Å². The molecule has 0 radical (unpaired) electrons. The van der Waals surface area contributed by atoms with E-state index in [1.807, 2.05) is 0 Å². The molecule has 138 valence electrons. The third-order valence-corrected chi connectivity index (χ3v) is 4.97. The zero-order chi connectivity index (χ0) is 18.9. The molecule has 2 aromatic carbocycles.